The van der Waals surface area contributed by atoms with Crippen LogP contribution < -0.4 is 0 Å². The lowest BCUT2D eigenvalue weighted by molar-refractivity contribution is -0.162. The molecule has 0 fully saturated rings. The second-order valence-electron chi connectivity index (χ2n) is 3.13. The molecule has 0 atom stereocenters. The van der Waals surface area contributed by atoms with Crippen molar-refractivity contribution in [3.8, 4) is 0 Å². The van der Waals surface area contributed by atoms with Crippen LogP contribution in [0.1, 0.15) is 16.7 Å². The Bertz CT molecular complexity index is 423. The summed E-state index contributed by atoms with van der Waals surface area (Å²) in [5.41, 5.74) is -3.60. The Morgan fingerprint density at radius 2 is 1.53 bits per heavy atom. The predicted molar refractivity (Wildman–Crippen MR) is 54.1 cm³/mol. The van der Waals surface area contributed by atoms with Crippen LogP contribution >= 0.6 is 27.5 Å². The van der Waals surface area contributed by atoms with Gasteiger partial charge in [-0.25, -0.2) is 0 Å². The van der Waals surface area contributed by atoms with Crippen molar-refractivity contribution in [1.29, 1.82) is 0 Å². The topological polar surface area (TPSA) is 0 Å². The summed E-state index contributed by atoms with van der Waals surface area (Å²) in [5, 5.41) is -0.977. The van der Waals surface area contributed by atoms with Crippen molar-refractivity contribution < 1.29 is 26.3 Å². The third kappa shape index (κ3) is 3.28. The number of halogens is 8. The molecule has 0 amide bonds. The first-order valence-corrected chi connectivity index (χ1v) is 5.60. The van der Waals surface area contributed by atoms with Gasteiger partial charge in [0, 0.05) is 5.33 Å². The molecule has 0 aromatic heterocycles. The summed E-state index contributed by atoms with van der Waals surface area (Å²) in [4.78, 5) is 0. The molecule has 17 heavy (non-hydrogen) atoms. The zero-order valence-electron chi connectivity index (χ0n) is 7.89. The van der Waals surface area contributed by atoms with Crippen molar-refractivity contribution >= 4 is 27.5 Å². The van der Waals surface area contributed by atoms with Crippen LogP contribution in [0.25, 0.3) is 0 Å². The zero-order chi connectivity index (χ0) is 13.4. The maximum atomic E-state index is 12.5. The molecule has 0 spiro atoms. The lowest BCUT2D eigenvalue weighted by atomic mass is 10.0. The van der Waals surface area contributed by atoms with E-state index in [1.807, 2.05) is 0 Å². The van der Waals surface area contributed by atoms with Crippen LogP contribution in [0.3, 0.4) is 0 Å². The van der Waals surface area contributed by atoms with E-state index in [0.717, 1.165) is 6.07 Å². The van der Waals surface area contributed by atoms with Gasteiger partial charge < -0.3 is 0 Å². The molecular formula is C9H4BrClF6. The number of benzene rings is 1. The largest absolute Gasteiger partial charge is 0.418 e. The second-order valence-corrected chi connectivity index (χ2v) is 4.10. The van der Waals surface area contributed by atoms with Crippen LogP contribution in [-0.2, 0) is 17.7 Å². The third-order valence-corrected chi connectivity index (χ3v) is 2.84. The van der Waals surface area contributed by atoms with Gasteiger partial charge in [-0.2, -0.15) is 26.3 Å². The van der Waals surface area contributed by atoms with Gasteiger partial charge in [0.15, 0.2) is 0 Å². The molecule has 0 aliphatic rings. The molecule has 0 saturated heterocycles. The van der Waals surface area contributed by atoms with Gasteiger partial charge in [0.2, 0.25) is 0 Å². The van der Waals surface area contributed by atoms with E-state index in [0.29, 0.717) is 6.07 Å². The molecule has 8 heteroatoms. The molecule has 1 aromatic rings. The van der Waals surface area contributed by atoms with Crippen LogP contribution in [0.15, 0.2) is 12.1 Å². The number of alkyl halides is 7. The zero-order valence-corrected chi connectivity index (χ0v) is 10.2. The Labute approximate surface area is 106 Å². The van der Waals surface area contributed by atoms with E-state index in [1.165, 1.54) is 0 Å². The summed E-state index contributed by atoms with van der Waals surface area (Å²) in [6.07, 6.45) is -10.3. The van der Waals surface area contributed by atoms with E-state index < -0.39 is 28.5 Å². The van der Waals surface area contributed by atoms with E-state index in [4.69, 9.17) is 11.6 Å². The molecule has 0 bridgehead atoms. The molecule has 96 valence electrons. The molecule has 0 heterocycles. The molecule has 0 nitrogen and oxygen atoms in total. The number of hydrogen-bond acceptors (Lipinski definition) is 0. The van der Waals surface area contributed by atoms with Gasteiger partial charge in [-0.05, 0) is 17.7 Å². The molecule has 0 saturated carbocycles. The van der Waals surface area contributed by atoms with Crippen LogP contribution in [0.4, 0.5) is 26.3 Å². The highest BCUT2D eigenvalue weighted by Crippen LogP contribution is 2.44. The summed E-state index contributed by atoms with van der Waals surface area (Å²) in [6.45, 7) is 0. The lowest BCUT2D eigenvalue weighted by Crippen LogP contribution is -2.17. The molecule has 1 rings (SSSR count). The predicted octanol–water partition coefficient (Wildman–Crippen LogP) is 5.27. The highest BCUT2D eigenvalue weighted by atomic mass is 79.9. The van der Waals surface area contributed by atoms with E-state index in [9.17, 15) is 26.3 Å². The first kappa shape index (κ1) is 14.6. The fourth-order valence-corrected chi connectivity index (χ4v) is 1.92. The summed E-state index contributed by atoms with van der Waals surface area (Å²) in [5.74, 6) is 0. The Hall–Kier alpha value is -0.430. The minimum absolute atomic E-state index is 0.0199. The fourth-order valence-electron chi connectivity index (χ4n) is 1.25. The standard InChI is InChI=1S/C9H4BrClF6/c10-3-4-1-5(8(12,13)14)7(6(11)2-4)9(15,16)17/h1-2H,3H2. The molecule has 0 aliphatic heterocycles. The first-order chi connectivity index (χ1) is 7.57. The first-order valence-electron chi connectivity index (χ1n) is 4.10. The molecule has 0 N–H and O–H groups in total. The maximum absolute atomic E-state index is 12.5. The normalized spacial score (nSPS) is 12.9. The van der Waals surface area contributed by atoms with Gasteiger partial charge in [0.1, 0.15) is 0 Å². The van der Waals surface area contributed by atoms with Crippen molar-refractivity contribution in [2.75, 3.05) is 0 Å². The average Bonchev–Trinajstić information content (AvgIpc) is 2.12. The number of rotatable bonds is 1. The van der Waals surface area contributed by atoms with Crippen molar-refractivity contribution in [2.24, 2.45) is 0 Å². The molecule has 0 aliphatic carbocycles. The van der Waals surface area contributed by atoms with Gasteiger partial charge in [-0.1, -0.05) is 27.5 Å². The average molecular weight is 341 g/mol. The van der Waals surface area contributed by atoms with Crippen molar-refractivity contribution in [2.45, 2.75) is 17.7 Å². The maximum Gasteiger partial charge on any atom is 0.418 e. The van der Waals surface area contributed by atoms with Crippen LogP contribution in [0.5, 0.6) is 0 Å². The molecular weight excluding hydrogens is 337 g/mol. The van der Waals surface area contributed by atoms with Crippen molar-refractivity contribution in [3.05, 3.63) is 33.8 Å². The Morgan fingerprint density at radius 3 is 1.88 bits per heavy atom. The number of hydrogen-bond donors (Lipinski definition) is 0. The summed E-state index contributed by atoms with van der Waals surface area (Å²) in [7, 11) is 0. The van der Waals surface area contributed by atoms with Crippen molar-refractivity contribution in [1.82, 2.24) is 0 Å². The lowest BCUT2D eigenvalue weighted by Gasteiger charge is -2.17. The Kier molecular flexibility index (Phi) is 4.03. The smallest absolute Gasteiger partial charge is 0.166 e. The van der Waals surface area contributed by atoms with E-state index in [-0.39, 0.29) is 10.9 Å². The minimum atomic E-state index is -5.15. The van der Waals surface area contributed by atoms with Crippen LogP contribution in [-0.4, -0.2) is 0 Å². The highest BCUT2D eigenvalue weighted by Gasteiger charge is 2.44. The van der Waals surface area contributed by atoms with Gasteiger partial charge in [-0.3, -0.25) is 0 Å². The summed E-state index contributed by atoms with van der Waals surface area (Å²) < 4.78 is 74.9. The fraction of sp³-hybridized carbons (Fsp3) is 0.333. The summed E-state index contributed by atoms with van der Waals surface area (Å²) in [6, 6.07) is 1.29. The van der Waals surface area contributed by atoms with Gasteiger partial charge in [-0.15, -0.1) is 0 Å². The Balaban J connectivity index is 3.58. The van der Waals surface area contributed by atoms with Gasteiger partial charge in [0.25, 0.3) is 0 Å². The monoisotopic (exact) mass is 340 g/mol. The van der Waals surface area contributed by atoms with E-state index >= 15 is 0 Å². The minimum Gasteiger partial charge on any atom is -0.166 e. The molecule has 0 radical (unpaired) electrons. The highest BCUT2D eigenvalue weighted by molar-refractivity contribution is 9.08. The second kappa shape index (κ2) is 4.68. The van der Waals surface area contributed by atoms with Crippen LogP contribution in [0.2, 0.25) is 5.02 Å². The van der Waals surface area contributed by atoms with Gasteiger partial charge in [0.05, 0.1) is 16.1 Å². The molecule has 0 unspecified atom stereocenters. The van der Waals surface area contributed by atoms with Gasteiger partial charge >= 0.3 is 12.4 Å². The van der Waals surface area contributed by atoms with Crippen molar-refractivity contribution in [3.63, 3.8) is 0 Å². The Morgan fingerprint density at radius 1 is 1.00 bits per heavy atom. The van der Waals surface area contributed by atoms with Crippen LogP contribution in [0, 0.1) is 0 Å². The quantitative estimate of drug-likeness (QED) is 0.482. The molecule has 1 aromatic carbocycles. The van der Waals surface area contributed by atoms with E-state index in [2.05, 4.69) is 15.9 Å². The summed E-state index contributed by atoms with van der Waals surface area (Å²) >= 11 is 8.12. The SMILES string of the molecule is FC(F)(F)c1cc(CBr)cc(Cl)c1C(F)(F)F. The van der Waals surface area contributed by atoms with E-state index in [1.54, 1.807) is 0 Å². The third-order valence-electron chi connectivity index (χ3n) is 1.89.